The van der Waals surface area contributed by atoms with Crippen LogP contribution >= 0.6 is 23.2 Å². The Morgan fingerprint density at radius 1 is 1.16 bits per heavy atom. The number of carbonyl (C=O) groups is 1. The molecule has 0 spiro atoms. The number of carboxylic acids is 1. The molecule has 2 N–H and O–H groups in total. The first-order valence-corrected chi connectivity index (χ1v) is 8.81. The van der Waals surface area contributed by atoms with Crippen LogP contribution in [0.5, 0.6) is 5.75 Å². The summed E-state index contributed by atoms with van der Waals surface area (Å²) in [6.45, 7) is 5.11. The minimum absolute atomic E-state index is 0.177. The summed E-state index contributed by atoms with van der Waals surface area (Å²) < 4.78 is 5.75. The average Bonchev–Trinajstić information content (AvgIpc) is 2.56. The maximum absolute atomic E-state index is 11.2. The number of ether oxygens (including phenoxy) is 1. The van der Waals surface area contributed by atoms with E-state index in [-0.39, 0.29) is 5.56 Å². The smallest absolute Gasteiger partial charge is 0.337 e. The molecule has 0 aliphatic heterocycles. The van der Waals surface area contributed by atoms with E-state index in [1.807, 2.05) is 26.0 Å². The first-order valence-electron chi connectivity index (χ1n) is 8.05. The lowest BCUT2D eigenvalue weighted by Gasteiger charge is -2.12. The third kappa shape index (κ3) is 5.28. The number of para-hydroxylation sites is 1. The molecule has 4 nitrogen and oxygen atoms in total. The third-order valence-electron chi connectivity index (χ3n) is 3.80. The summed E-state index contributed by atoms with van der Waals surface area (Å²) in [4.78, 5) is 11.2. The zero-order valence-electron chi connectivity index (χ0n) is 14.2. The molecule has 0 bridgehead atoms. The van der Waals surface area contributed by atoms with Crippen molar-refractivity contribution in [1.29, 1.82) is 0 Å². The fourth-order valence-electron chi connectivity index (χ4n) is 2.50. The molecule has 25 heavy (non-hydrogen) atoms. The molecular weight excluding hydrogens is 361 g/mol. The van der Waals surface area contributed by atoms with Gasteiger partial charge in [0.2, 0.25) is 0 Å². The number of nitrogens with one attached hydrogen (secondary N) is 1. The molecule has 6 heteroatoms. The lowest BCUT2D eigenvalue weighted by molar-refractivity contribution is 0.0698. The van der Waals surface area contributed by atoms with Crippen molar-refractivity contribution in [3.8, 4) is 5.75 Å². The molecule has 0 radical (unpaired) electrons. The van der Waals surface area contributed by atoms with Gasteiger partial charge in [-0.3, -0.25) is 0 Å². The number of hydrogen-bond acceptors (Lipinski definition) is 3. The Balaban J connectivity index is 1.79. The largest absolute Gasteiger partial charge is 0.494 e. The number of carboxylic acid groups (broad SMARTS) is 1. The normalized spacial score (nSPS) is 10.6. The third-order valence-corrected chi connectivity index (χ3v) is 4.71. The van der Waals surface area contributed by atoms with Crippen LogP contribution in [0.25, 0.3) is 0 Å². The van der Waals surface area contributed by atoms with Crippen LogP contribution < -0.4 is 10.1 Å². The second kappa shape index (κ2) is 8.97. The monoisotopic (exact) mass is 381 g/mol. The van der Waals surface area contributed by atoms with E-state index in [0.717, 1.165) is 34.7 Å². The van der Waals surface area contributed by atoms with Gasteiger partial charge in [-0.2, -0.15) is 0 Å². The number of halogens is 2. The van der Waals surface area contributed by atoms with E-state index in [1.165, 1.54) is 6.07 Å². The van der Waals surface area contributed by atoms with Gasteiger partial charge in [-0.1, -0.05) is 29.3 Å². The van der Waals surface area contributed by atoms with Gasteiger partial charge in [-0.15, -0.1) is 0 Å². The van der Waals surface area contributed by atoms with E-state index < -0.39 is 5.97 Å². The van der Waals surface area contributed by atoms with E-state index in [0.29, 0.717) is 23.9 Å². The summed E-state index contributed by atoms with van der Waals surface area (Å²) in [6, 6.07) is 8.68. The predicted octanol–water partition coefficient (Wildman–Crippen LogP) is 5.58. The Morgan fingerprint density at radius 2 is 1.84 bits per heavy atom. The molecule has 0 aliphatic rings. The van der Waals surface area contributed by atoms with Gasteiger partial charge in [0.15, 0.2) is 0 Å². The molecule has 2 aromatic carbocycles. The number of hydrogen-bond donors (Lipinski definition) is 2. The van der Waals surface area contributed by atoms with Crippen molar-refractivity contribution in [2.75, 3.05) is 18.5 Å². The van der Waals surface area contributed by atoms with Gasteiger partial charge in [0.1, 0.15) is 5.75 Å². The standard InChI is InChI=1S/C19H21Cl2NO3/c1-12-10-14(11-13(2)17(12)21)25-9-4-3-8-22-18-15(19(23)24)6-5-7-16(18)20/h5-7,10-11,22H,3-4,8-9H2,1-2H3,(H,23,24). The van der Waals surface area contributed by atoms with Crippen molar-refractivity contribution in [1.82, 2.24) is 0 Å². The lowest BCUT2D eigenvalue weighted by Crippen LogP contribution is -2.09. The topological polar surface area (TPSA) is 58.6 Å². The molecule has 0 unspecified atom stereocenters. The molecule has 0 saturated heterocycles. The summed E-state index contributed by atoms with van der Waals surface area (Å²) in [5.41, 5.74) is 2.63. The molecule has 0 aliphatic carbocycles. The average molecular weight is 382 g/mol. The number of aryl methyl sites for hydroxylation is 2. The Morgan fingerprint density at radius 3 is 2.48 bits per heavy atom. The molecule has 2 rings (SSSR count). The summed E-state index contributed by atoms with van der Waals surface area (Å²) in [7, 11) is 0. The van der Waals surface area contributed by atoms with Crippen LogP contribution in [0.3, 0.4) is 0 Å². The second-order valence-corrected chi connectivity index (χ2v) is 6.61. The van der Waals surface area contributed by atoms with Gasteiger partial charge in [-0.25, -0.2) is 4.79 Å². The van der Waals surface area contributed by atoms with E-state index in [2.05, 4.69) is 5.32 Å². The summed E-state index contributed by atoms with van der Waals surface area (Å²) in [6.07, 6.45) is 1.66. The fraction of sp³-hybridized carbons (Fsp3) is 0.316. The van der Waals surface area contributed by atoms with Gasteiger partial charge >= 0.3 is 5.97 Å². The predicted molar refractivity (Wildman–Crippen MR) is 103 cm³/mol. The van der Waals surface area contributed by atoms with Crippen LogP contribution in [-0.2, 0) is 0 Å². The SMILES string of the molecule is Cc1cc(OCCCCNc2c(Cl)cccc2C(=O)O)cc(C)c1Cl. The van der Waals surface area contributed by atoms with Crippen LogP contribution in [0.15, 0.2) is 30.3 Å². The molecule has 0 heterocycles. The van der Waals surface area contributed by atoms with Gasteiger partial charge in [-0.05, 0) is 62.1 Å². The van der Waals surface area contributed by atoms with Crippen molar-refractivity contribution >= 4 is 34.9 Å². The van der Waals surface area contributed by atoms with Gasteiger partial charge < -0.3 is 15.2 Å². The van der Waals surface area contributed by atoms with Gasteiger partial charge in [0, 0.05) is 11.6 Å². The van der Waals surface area contributed by atoms with Crippen LogP contribution in [0.2, 0.25) is 10.0 Å². The Labute approximate surface area is 157 Å². The molecule has 0 atom stereocenters. The van der Waals surface area contributed by atoms with E-state index in [1.54, 1.807) is 12.1 Å². The highest BCUT2D eigenvalue weighted by molar-refractivity contribution is 6.34. The van der Waals surface area contributed by atoms with E-state index in [4.69, 9.17) is 27.9 Å². The van der Waals surface area contributed by atoms with Crippen LogP contribution in [0.4, 0.5) is 5.69 Å². The lowest BCUT2D eigenvalue weighted by atomic mass is 10.1. The first-order chi connectivity index (χ1) is 11.9. The molecular formula is C19H21Cl2NO3. The Bertz CT molecular complexity index is 739. The molecule has 0 saturated carbocycles. The fourth-order valence-corrected chi connectivity index (χ4v) is 2.85. The Kier molecular flexibility index (Phi) is 6.97. The number of benzene rings is 2. The summed E-state index contributed by atoms with van der Waals surface area (Å²) in [5, 5.41) is 13.5. The quantitative estimate of drug-likeness (QED) is 0.585. The molecule has 0 fully saturated rings. The van der Waals surface area contributed by atoms with E-state index in [9.17, 15) is 9.90 Å². The summed E-state index contributed by atoms with van der Waals surface area (Å²) in [5.74, 6) is -0.187. The zero-order chi connectivity index (χ0) is 18.4. The van der Waals surface area contributed by atoms with Crippen molar-refractivity contribution in [3.05, 3.63) is 57.1 Å². The molecule has 0 aromatic heterocycles. The number of rotatable bonds is 8. The first kappa shape index (κ1) is 19.4. The zero-order valence-corrected chi connectivity index (χ0v) is 15.7. The highest BCUT2D eigenvalue weighted by atomic mass is 35.5. The maximum Gasteiger partial charge on any atom is 0.337 e. The minimum atomic E-state index is -0.998. The van der Waals surface area contributed by atoms with Gasteiger partial charge in [0.25, 0.3) is 0 Å². The number of anilines is 1. The highest BCUT2D eigenvalue weighted by Crippen LogP contribution is 2.27. The summed E-state index contributed by atoms with van der Waals surface area (Å²) >= 11 is 12.2. The highest BCUT2D eigenvalue weighted by Gasteiger charge is 2.12. The maximum atomic E-state index is 11.2. The Hall–Kier alpha value is -1.91. The minimum Gasteiger partial charge on any atom is -0.494 e. The van der Waals surface area contributed by atoms with Gasteiger partial charge in [0.05, 0.1) is 22.9 Å². The van der Waals surface area contributed by atoms with Crippen LogP contribution in [0, 0.1) is 13.8 Å². The van der Waals surface area contributed by atoms with Crippen LogP contribution in [0.1, 0.15) is 34.3 Å². The van der Waals surface area contributed by atoms with Crippen molar-refractivity contribution < 1.29 is 14.6 Å². The molecule has 2 aromatic rings. The number of unbranched alkanes of at least 4 members (excludes halogenated alkanes) is 1. The molecule has 134 valence electrons. The van der Waals surface area contributed by atoms with Crippen molar-refractivity contribution in [2.24, 2.45) is 0 Å². The van der Waals surface area contributed by atoms with Crippen molar-refractivity contribution in [3.63, 3.8) is 0 Å². The van der Waals surface area contributed by atoms with Crippen LogP contribution in [-0.4, -0.2) is 24.2 Å². The molecule has 0 amide bonds. The second-order valence-electron chi connectivity index (χ2n) is 5.82. The van der Waals surface area contributed by atoms with E-state index >= 15 is 0 Å². The number of aromatic carboxylic acids is 1. The van der Waals surface area contributed by atoms with Crippen molar-refractivity contribution in [2.45, 2.75) is 26.7 Å².